The zero-order chi connectivity index (χ0) is 18.1. The van der Waals surface area contributed by atoms with E-state index in [0.29, 0.717) is 23.7 Å². The largest absolute Gasteiger partial charge is 0.452 e. The average Bonchev–Trinajstić information content (AvgIpc) is 2.62. The maximum absolute atomic E-state index is 12.3. The van der Waals surface area contributed by atoms with E-state index < -0.39 is 5.97 Å². The zero-order valence-electron chi connectivity index (χ0n) is 14.2. The number of ether oxygens (including phenoxy) is 2. The lowest BCUT2D eigenvalue weighted by atomic mass is 10.2. The number of aryl methyl sites for hydroxylation is 1. The van der Waals surface area contributed by atoms with Gasteiger partial charge in [0, 0.05) is 24.7 Å². The number of aromatic nitrogens is 1. The molecule has 0 radical (unpaired) electrons. The van der Waals surface area contributed by atoms with Crippen molar-refractivity contribution >= 4 is 23.6 Å². The summed E-state index contributed by atoms with van der Waals surface area (Å²) in [5.74, 6) is -0.952. The third kappa shape index (κ3) is 6.21. The molecule has 0 unspecified atom stereocenters. The summed E-state index contributed by atoms with van der Waals surface area (Å²) in [4.78, 5) is 29.1. The molecule has 0 spiro atoms. The van der Waals surface area contributed by atoms with E-state index in [-0.39, 0.29) is 12.5 Å². The first-order valence-corrected chi connectivity index (χ1v) is 8.54. The average molecular weight is 360 g/mol. The standard InChI is InChI=1S/C18H20N2O4S/c1-13-5-7-14(8-6-13)25-17-15(4-3-9-20-17)18(22)24-12-16(21)19-10-11-23-2/h3-9H,10-12H2,1-2H3,(H,19,21). The van der Waals surface area contributed by atoms with Gasteiger partial charge in [0.2, 0.25) is 0 Å². The molecule has 1 N–H and O–H groups in total. The number of hydrogen-bond donors (Lipinski definition) is 1. The molecule has 6 nitrogen and oxygen atoms in total. The number of methoxy groups -OCH3 is 1. The molecule has 1 aromatic carbocycles. The Balaban J connectivity index is 1.98. The van der Waals surface area contributed by atoms with Gasteiger partial charge < -0.3 is 14.8 Å². The van der Waals surface area contributed by atoms with E-state index in [2.05, 4.69) is 10.3 Å². The van der Waals surface area contributed by atoms with Crippen LogP contribution in [0.25, 0.3) is 0 Å². The van der Waals surface area contributed by atoms with Crippen molar-refractivity contribution in [3.05, 3.63) is 53.7 Å². The maximum atomic E-state index is 12.3. The van der Waals surface area contributed by atoms with Gasteiger partial charge in [0.25, 0.3) is 5.91 Å². The molecule has 0 atom stereocenters. The molecule has 25 heavy (non-hydrogen) atoms. The van der Waals surface area contributed by atoms with Gasteiger partial charge in [-0.15, -0.1) is 0 Å². The number of benzene rings is 1. The predicted molar refractivity (Wildman–Crippen MR) is 94.7 cm³/mol. The highest BCUT2D eigenvalue weighted by atomic mass is 32.2. The van der Waals surface area contributed by atoms with Gasteiger partial charge in [-0.05, 0) is 31.2 Å². The first-order chi connectivity index (χ1) is 12.1. The molecule has 132 valence electrons. The highest BCUT2D eigenvalue weighted by Crippen LogP contribution is 2.29. The van der Waals surface area contributed by atoms with Crippen LogP contribution in [0.1, 0.15) is 15.9 Å². The number of hydrogen-bond acceptors (Lipinski definition) is 6. The first kappa shape index (κ1) is 19.0. The molecule has 1 heterocycles. The molecule has 2 aromatic rings. The molecule has 2 rings (SSSR count). The van der Waals surface area contributed by atoms with Gasteiger partial charge in [0.15, 0.2) is 6.61 Å². The van der Waals surface area contributed by atoms with E-state index in [4.69, 9.17) is 9.47 Å². The second-order valence-corrected chi connectivity index (χ2v) is 6.25. The van der Waals surface area contributed by atoms with Gasteiger partial charge in [-0.3, -0.25) is 4.79 Å². The fraction of sp³-hybridized carbons (Fsp3) is 0.278. The van der Waals surface area contributed by atoms with Gasteiger partial charge in [-0.25, -0.2) is 9.78 Å². The molecule has 0 aliphatic heterocycles. The fourth-order valence-electron chi connectivity index (χ4n) is 1.90. The van der Waals surface area contributed by atoms with Gasteiger partial charge in [0.05, 0.1) is 12.2 Å². The van der Waals surface area contributed by atoms with Crippen molar-refractivity contribution < 1.29 is 19.1 Å². The lowest BCUT2D eigenvalue weighted by Gasteiger charge is -2.09. The number of amides is 1. The van der Waals surface area contributed by atoms with Crippen molar-refractivity contribution in [1.29, 1.82) is 0 Å². The molecule has 0 aliphatic rings. The summed E-state index contributed by atoms with van der Waals surface area (Å²) in [5.41, 5.74) is 1.49. The van der Waals surface area contributed by atoms with E-state index in [0.717, 1.165) is 10.5 Å². The summed E-state index contributed by atoms with van der Waals surface area (Å²) >= 11 is 1.37. The van der Waals surface area contributed by atoms with Crippen molar-refractivity contribution in [2.45, 2.75) is 16.8 Å². The van der Waals surface area contributed by atoms with Crippen LogP contribution in [-0.4, -0.2) is 43.7 Å². The number of esters is 1. The molecule has 0 fully saturated rings. The summed E-state index contributed by atoms with van der Waals surface area (Å²) < 4.78 is 9.91. The van der Waals surface area contributed by atoms with Crippen LogP contribution >= 0.6 is 11.8 Å². The topological polar surface area (TPSA) is 77.5 Å². The van der Waals surface area contributed by atoms with Gasteiger partial charge in [-0.1, -0.05) is 29.5 Å². The minimum atomic E-state index is -0.579. The summed E-state index contributed by atoms with van der Waals surface area (Å²) in [6, 6.07) is 11.2. The van der Waals surface area contributed by atoms with Gasteiger partial charge >= 0.3 is 5.97 Å². The summed E-state index contributed by atoms with van der Waals surface area (Å²) in [6.45, 7) is 2.44. The Hall–Kier alpha value is -2.38. The number of nitrogens with zero attached hydrogens (tertiary/aromatic N) is 1. The van der Waals surface area contributed by atoms with Gasteiger partial charge in [-0.2, -0.15) is 0 Å². The van der Waals surface area contributed by atoms with Crippen molar-refractivity contribution in [2.24, 2.45) is 0 Å². The lowest BCUT2D eigenvalue weighted by Crippen LogP contribution is -2.31. The zero-order valence-corrected chi connectivity index (χ0v) is 15.0. The number of nitrogens with one attached hydrogen (secondary N) is 1. The molecular formula is C18H20N2O4S. The van der Waals surface area contributed by atoms with Crippen LogP contribution in [0.15, 0.2) is 52.5 Å². The van der Waals surface area contributed by atoms with Crippen LogP contribution in [0, 0.1) is 6.92 Å². The van der Waals surface area contributed by atoms with E-state index in [1.807, 2.05) is 31.2 Å². The fourth-order valence-corrected chi connectivity index (χ4v) is 2.77. The monoisotopic (exact) mass is 360 g/mol. The molecule has 0 saturated heterocycles. The van der Waals surface area contributed by atoms with Crippen molar-refractivity contribution in [2.75, 3.05) is 26.9 Å². The van der Waals surface area contributed by atoms with Crippen LogP contribution < -0.4 is 5.32 Å². The molecule has 0 saturated carbocycles. The summed E-state index contributed by atoms with van der Waals surface area (Å²) in [7, 11) is 1.54. The minimum Gasteiger partial charge on any atom is -0.452 e. The highest BCUT2D eigenvalue weighted by Gasteiger charge is 2.16. The molecular weight excluding hydrogens is 340 g/mol. The van der Waals surface area contributed by atoms with E-state index in [1.165, 1.54) is 11.8 Å². The Morgan fingerprint density at radius 3 is 2.68 bits per heavy atom. The van der Waals surface area contributed by atoms with E-state index >= 15 is 0 Å². The third-order valence-electron chi connectivity index (χ3n) is 3.19. The second kappa shape index (κ2) is 9.80. The Morgan fingerprint density at radius 1 is 1.20 bits per heavy atom. The van der Waals surface area contributed by atoms with Crippen LogP contribution in [0.4, 0.5) is 0 Å². The SMILES string of the molecule is COCCNC(=O)COC(=O)c1cccnc1Sc1ccc(C)cc1. The van der Waals surface area contributed by atoms with Crippen LogP contribution in [-0.2, 0) is 14.3 Å². The number of rotatable bonds is 8. The molecule has 1 amide bonds. The molecule has 0 bridgehead atoms. The number of pyridine rings is 1. The van der Waals surface area contributed by atoms with Crippen LogP contribution in [0.3, 0.4) is 0 Å². The van der Waals surface area contributed by atoms with E-state index in [1.54, 1.807) is 25.4 Å². The Labute approximate surface area is 150 Å². The Bertz CT molecular complexity index is 719. The second-order valence-electron chi connectivity index (χ2n) is 5.19. The summed E-state index contributed by atoms with van der Waals surface area (Å²) in [5, 5.41) is 3.13. The smallest absolute Gasteiger partial charge is 0.341 e. The quantitative estimate of drug-likeness (QED) is 0.576. The maximum Gasteiger partial charge on any atom is 0.341 e. The van der Waals surface area contributed by atoms with Crippen molar-refractivity contribution in [3.8, 4) is 0 Å². The first-order valence-electron chi connectivity index (χ1n) is 7.72. The highest BCUT2D eigenvalue weighted by molar-refractivity contribution is 7.99. The minimum absolute atomic E-state index is 0.331. The molecule has 1 aromatic heterocycles. The van der Waals surface area contributed by atoms with Crippen LogP contribution in [0.2, 0.25) is 0 Å². The third-order valence-corrected chi connectivity index (χ3v) is 4.22. The molecule has 7 heteroatoms. The van der Waals surface area contributed by atoms with Crippen LogP contribution in [0.5, 0.6) is 0 Å². The Kier molecular flexibility index (Phi) is 7.43. The Morgan fingerprint density at radius 2 is 1.96 bits per heavy atom. The van der Waals surface area contributed by atoms with Gasteiger partial charge in [0.1, 0.15) is 5.03 Å². The van der Waals surface area contributed by atoms with E-state index in [9.17, 15) is 9.59 Å². The lowest BCUT2D eigenvalue weighted by molar-refractivity contribution is -0.124. The van der Waals surface area contributed by atoms with Crippen molar-refractivity contribution in [3.63, 3.8) is 0 Å². The number of carbonyl (C=O) groups excluding carboxylic acids is 2. The summed E-state index contributed by atoms with van der Waals surface area (Å²) in [6.07, 6.45) is 1.62. The predicted octanol–water partition coefficient (Wildman–Crippen LogP) is 2.46. The normalized spacial score (nSPS) is 10.3. The number of carbonyl (C=O) groups is 2. The molecule has 0 aliphatic carbocycles. The van der Waals surface area contributed by atoms with Crippen molar-refractivity contribution in [1.82, 2.24) is 10.3 Å².